The standard InChI is InChI=1S/C14H22N2O2/c1-14(2,3)18-13(17)12(15)10-16(4)11-8-6-5-7-9-11/h5-9,12H,10,15H2,1-4H3. The van der Waals surface area contributed by atoms with E-state index in [9.17, 15) is 4.79 Å². The third kappa shape index (κ3) is 4.75. The number of benzene rings is 1. The molecule has 1 unspecified atom stereocenters. The molecule has 1 atom stereocenters. The van der Waals surface area contributed by atoms with Gasteiger partial charge in [0.05, 0.1) is 0 Å². The summed E-state index contributed by atoms with van der Waals surface area (Å²) in [5.74, 6) is -0.370. The molecule has 0 aliphatic carbocycles. The first-order valence-corrected chi connectivity index (χ1v) is 6.04. The van der Waals surface area contributed by atoms with Gasteiger partial charge in [-0.25, -0.2) is 0 Å². The molecule has 0 aromatic heterocycles. The Labute approximate surface area is 109 Å². The summed E-state index contributed by atoms with van der Waals surface area (Å²) in [6.45, 7) is 5.93. The molecule has 4 heteroatoms. The highest BCUT2D eigenvalue weighted by atomic mass is 16.6. The molecule has 0 saturated carbocycles. The minimum Gasteiger partial charge on any atom is -0.459 e. The number of esters is 1. The van der Waals surface area contributed by atoms with Crippen molar-refractivity contribution in [2.75, 3.05) is 18.5 Å². The van der Waals surface area contributed by atoms with Crippen molar-refractivity contribution in [1.29, 1.82) is 0 Å². The Balaban J connectivity index is 2.55. The molecule has 0 aliphatic rings. The number of carbonyl (C=O) groups excluding carboxylic acids is 1. The average Bonchev–Trinajstić information content (AvgIpc) is 2.27. The molecule has 0 amide bonds. The maximum Gasteiger partial charge on any atom is 0.325 e. The van der Waals surface area contributed by atoms with Crippen molar-refractivity contribution in [2.24, 2.45) is 5.73 Å². The van der Waals surface area contributed by atoms with Gasteiger partial charge in [0.15, 0.2) is 0 Å². The van der Waals surface area contributed by atoms with Crippen LogP contribution in [-0.2, 0) is 9.53 Å². The maximum absolute atomic E-state index is 11.8. The molecule has 0 heterocycles. The van der Waals surface area contributed by atoms with Crippen molar-refractivity contribution in [3.8, 4) is 0 Å². The lowest BCUT2D eigenvalue weighted by Crippen LogP contribution is -2.44. The Bertz CT molecular complexity index is 385. The van der Waals surface area contributed by atoms with E-state index in [2.05, 4.69) is 0 Å². The van der Waals surface area contributed by atoms with Crippen molar-refractivity contribution in [3.63, 3.8) is 0 Å². The molecule has 4 nitrogen and oxygen atoms in total. The minimum absolute atomic E-state index is 0.370. The third-order valence-electron chi connectivity index (χ3n) is 2.38. The van der Waals surface area contributed by atoms with Gasteiger partial charge in [0, 0.05) is 19.3 Å². The second-order valence-electron chi connectivity index (χ2n) is 5.36. The fourth-order valence-electron chi connectivity index (χ4n) is 1.53. The molecule has 1 rings (SSSR count). The van der Waals surface area contributed by atoms with Gasteiger partial charge in [-0.05, 0) is 32.9 Å². The van der Waals surface area contributed by atoms with Crippen LogP contribution in [0.5, 0.6) is 0 Å². The summed E-state index contributed by atoms with van der Waals surface area (Å²) in [7, 11) is 1.90. The van der Waals surface area contributed by atoms with Crippen LogP contribution in [0.2, 0.25) is 0 Å². The monoisotopic (exact) mass is 250 g/mol. The van der Waals surface area contributed by atoms with E-state index < -0.39 is 11.6 Å². The van der Waals surface area contributed by atoms with Gasteiger partial charge in [-0.2, -0.15) is 0 Å². The van der Waals surface area contributed by atoms with Crippen molar-refractivity contribution in [1.82, 2.24) is 0 Å². The van der Waals surface area contributed by atoms with Crippen LogP contribution in [0, 0.1) is 0 Å². The first-order valence-electron chi connectivity index (χ1n) is 6.04. The Morgan fingerprint density at radius 1 is 1.33 bits per heavy atom. The fourth-order valence-corrected chi connectivity index (χ4v) is 1.53. The topological polar surface area (TPSA) is 55.6 Å². The van der Waals surface area contributed by atoms with Crippen molar-refractivity contribution < 1.29 is 9.53 Å². The van der Waals surface area contributed by atoms with Crippen LogP contribution in [0.25, 0.3) is 0 Å². The van der Waals surface area contributed by atoms with Crippen molar-refractivity contribution in [3.05, 3.63) is 30.3 Å². The molecule has 0 fully saturated rings. The number of likely N-dealkylation sites (N-methyl/N-ethyl adjacent to an activating group) is 1. The van der Waals surface area contributed by atoms with E-state index in [-0.39, 0.29) is 5.97 Å². The van der Waals surface area contributed by atoms with E-state index in [1.807, 2.05) is 63.1 Å². The van der Waals surface area contributed by atoms with Gasteiger partial charge in [0.1, 0.15) is 11.6 Å². The van der Waals surface area contributed by atoms with Crippen molar-refractivity contribution >= 4 is 11.7 Å². The number of nitrogens with zero attached hydrogens (tertiary/aromatic N) is 1. The van der Waals surface area contributed by atoms with Crippen LogP contribution in [-0.4, -0.2) is 31.2 Å². The molecule has 0 radical (unpaired) electrons. The van der Waals surface area contributed by atoms with Gasteiger partial charge in [-0.15, -0.1) is 0 Å². The number of rotatable bonds is 4. The highest BCUT2D eigenvalue weighted by Gasteiger charge is 2.23. The highest BCUT2D eigenvalue weighted by molar-refractivity contribution is 5.76. The Hall–Kier alpha value is -1.55. The van der Waals surface area contributed by atoms with E-state index in [0.29, 0.717) is 6.54 Å². The quantitative estimate of drug-likeness (QED) is 0.828. The van der Waals surface area contributed by atoms with Crippen LogP contribution in [0.1, 0.15) is 20.8 Å². The van der Waals surface area contributed by atoms with Gasteiger partial charge >= 0.3 is 5.97 Å². The van der Waals surface area contributed by atoms with E-state index in [0.717, 1.165) is 5.69 Å². The zero-order chi connectivity index (χ0) is 13.8. The molecule has 0 saturated heterocycles. The number of para-hydroxylation sites is 1. The summed E-state index contributed by atoms with van der Waals surface area (Å²) in [4.78, 5) is 13.7. The maximum atomic E-state index is 11.8. The number of hydrogen-bond acceptors (Lipinski definition) is 4. The molecule has 0 bridgehead atoms. The largest absolute Gasteiger partial charge is 0.459 e. The van der Waals surface area contributed by atoms with Crippen LogP contribution >= 0.6 is 0 Å². The molecular formula is C14H22N2O2. The first kappa shape index (κ1) is 14.5. The van der Waals surface area contributed by atoms with E-state index in [4.69, 9.17) is 10.5 Å². The van der Waals surface area contributed by atoms with Crippen LogP contribution < -0.4 is 10.6 Å². The predicted octanol–water partition coefficient (Wildman–Crippen LogP) is 1.79. The minimum atomic E-state index is -0.644. The normalized spacial score (nSPS) is 12.9. The summed E-state index contributed by atoms with van der Waals surface area (Å²) >= 11 is 0. The molecule has 0 spiro atoms. The SMILES string of the molecule is CN(CC(N)C(=O)OC(C)(C)C)c1ccccc1. The van der Waals surface area contributed by atoms with Gasteiger partial charge in [0.2, 0.25) is 0 Å². The number of carbonyl (C=O) groups is 1. The lowest BCUT2D eigenvalue weighted by molar-refractivity contribution is -0.156. The smallest absolute Gasteiger partial charge is 0.325 e. The molecule has 1 aromatic rings. The van der Waals surface area contributed by atoms with Gasteiger partial charge in [-0.1, -0.05) is 18.2 Å². The van der Waals surface area contributed by atoms with Gasteiger partial charge < -0.3 is 15.4 Å². The zero-order valence-electron chi connectivity index (χ0n) is 11.5. The molecule has 2 N–H and O–H groups in total. The second-order valence-corrected chi connectivity index (χ2v) is 5.36. The van der Waals surface area contributed by atoms with Crippen molar-refractivity contribution in [2.45, 2.75) is 32.4 Å². The summed E-state index contributed by atoms with van der Waals surface area (Å²) in [6.07, 6.45) is 0. The molecule has 0 aliphatic heterocycles. The van der Waals surface area contributed by atoms with E-state index in [1.165, 1.54) is 0 Å². The van der Waals surface area contributed by atoms with Gasteiger partial charge in [-0.3, -0.25) is 4.79 Å². The third-order valence-corrected chi connectivity index (χ3v) is 2.38. The van der Waals surface area contributed by atoms with E-state index >= 15 is 0 Å². The van der Waals surface area contributed by atoms with Crippen LogP contribution in [0.15, 0.2) is 30.3 Å². The fraction of sp³-hybridized carbons (Fsp3) is 0.500. The predicted molar refractivity (Wildman–Crippen MR) is 73.5 cm³/mol. The van der Waals surface area contributed by atoms with Crippen LogP contribution in [0.3, 0.4) is 0 Å². The lowest BCUT2D eigenvalue weighted by Gasteiger charge is -2.26. The zero-order valence-corrected chi connectivity index (χ0v) is 11.5. The Morgan fingerprint density at radius 3 is 2.39 bits per heavy atom. The summed E-state index contributed by atoms with van der Waals surface area (Å²) in [5, 5.41) is 0. The van der Waals surface area contributed by atoms with Crippen LogP contribution in [0.4, 0.5) is 5.69 Å². The summed E-state index contributed by atoms with van der Waals surface area (Å²) in [5.41, 5.74) is 6.37. The number of ether oxygens (including phenoxy) is 1. The Kier molecular flexibility index (Phi) is 4.73. The second kappa shape index (κ2) is 5.87. The average molecular weight is 250 g/mol. The van der Waals surface area contributed by atoms with Gasteiger partial charge in [0.25, 0.3) is 0 Å². The first-order chi connectivity index (χ1) is 8.29. The molecular weight excluding hydrogens is 228 g/mol. The lowest BCUT2D eigenvalue weighted by atomic mass is 10.2. The number of hydrogen-bond donors (Lipinski definition) is 1. The van der Waals surface area contributed by atoms with E-state index in [1.54, 1.807) is 0 Å². The molecule has 18 heavy (non-hydrogen) atoms. The molecule has 100 valence electrons. The molecule has 1 aromatic carbocycles. The summed E-state index contributed by atoms with van der Waals surface area (Å²) < 4.78 is 5.25. The number of nitrogens with two attached hydrogens (primary N) is 1. The number of anilines is 1. The Morgan fingerprint density at radius 2 is 1.89 bits per heavy atom. The summed E-state index contributed by atoms with van der Waals surface area (Å²) in [6, 6.07) is 9.15. The highest BCUT2D eigenvalue weighted by Crippen LogP contribution is 2.12.